The van der Waals surface area contributed by atoms with Gasteiger partial charge >= 0.3 is 12.5 Å². The first kappa shape index (κ1) is 25.1. The van der Waals surface area contributed by atoms with E-state index < -0.39 is 41.1 Å². The van der Waals surface area contributed by atoms with Crippen molar-refractivity contribution in [2.75, 3.05) is 11.9 Å². The van der Waals surface area contributed by atoms with Crippen LogP contribution in [0.5, 0.6) is 11.5 Å². The van der Waals surface area contributed by atoms with Gasteiger partial charge in [0.05, 0.1) is 28.6 Å². The zero-order valence-electron chi connectivity index (χ0n) is 20.9. The van der Waals surface area contributed by atoms with Crippen LogP contribution in [0.15, 0.2) is 36.4 Å². The lowest BCUT2D eigenvalue weighted by molar-refractivity contribution is -0.286. The first-order valence-corrected chi connectivity index (χ1v) is 12.3. The summed E-state index contributed by atoms with van der Waals surface area (Å²) in [5.74, 6) is -1.51. The summed E-state index contributed by atoms with van der Waals surface area (Å²) in [6.45, 7) is 3.58. The zero-order valence-corrected chi connectivity index (χ0v) is 20.9. The molecule has 1 saturated heterocycles. The molecule has 3 aliphatic rings. The van der Waals surface area contributed by atoms with Gasteiger partial charge < -0.3 is 33.6 Å². The molecule has 2 aromatic carbocycles. The number of benzene rings is 2. The van der Waals surface area contributed by atoms with Crippen molar-refractivity contribution in [3.8, 4) is 11.5 Å². The Morgan fingerprint density at radius 1 is 1.15 bits per heavy atom. The summed E-state index contributed by atoms with van der Waals surface area (Å²) in [7, 11) is 0. The summed E-state index contributed by atoms with van der Waals surface area (Å²) < 4.78 is 62.9. The van der Waals surface area contributed by atoms with E-state index in [-0.39, 0.29) is 30.3 Å². The van der Waals surface area contributed by atoms with Gasteiger partial charge in [-0.05, 0) is 56.5 Å². The van der Waals surface area contributed by atoms with Crippen LogP contribution in [0.3, 0.4) is 0 Å². The molecule has 0 bridgehead atoms. The van der Waals surface area contributed by atoms with E-state index in [2.05, 4.69) is 14.8 Å². The molecule has 204 valence electrons. The van der Waals surface area contributed by atoms with Crippen LogP contribution < -0.4 is 14.8 Å². The van der Waals surface area contributed by atoms with Crippen molar-refractivity contribution in [2.45, 2.75) is 56.5 Å². The lowest BCUT2D eigenvalue weighted by atomic mass is 9.91. The first-order chi connectivity index (χ1) is 18.4. The van der Waals surface area contributed by atoms with E-state index in [0.29, 0.717) is 35.0 Å². The number of aldehydes is 1. The fraction of sp³-hybridized carbons (Fsp3) is 0.370. The lowest BCUT2D eigenvalue weighted by Gasteiger charge is -2.22. The van der Waals surface area contributed by atoms with Crippen molar-refractivity contribution >= 4 is 34.9 Å². The highest BCUT2D eigenvalue weighted by Gasteiger charge is 2.53. The molecule has 12 heteroatoms. The molecule has 1 atom stereocenters. The minimum absolute atomic E-state index is 0.0235. The van der Waals surface area contributed by atoms with Crippen molar-refractivity contribution in [3.05, 3.63) is 53.5 Å². The highest BCUT2D eigenvalue weighted by molar-refractivity contribution is 6.03. The largest absolute Gasteiger partial charge is 0.586 e. The minimum atomic E-state index is -3.78. The summed E-state index contributed by atoms with van der Waals surface area (Å²) >= 11 is 0. The third kappa shape index (κ3) is 4.23. The Morgan fingerprint density at radius 2 is 1.90 bits per heavy atom. The molecule has 9 nitrogen and oxygen atoms in total. The molecule has 0 spiro atoms. The van der Waals surface area contributed by atoms with Gasteiger partial charge in [-0.1, -0.05) is 6.07 Å². The fourth-order valence-corrected chi connectivity index (χ4v) is 5.09. The number of rotatable bonds is 7. The SMILES string of the molecule is CC(C)(C=O)c1cc2cc(NC(=O)C3(c4ccc5c(c4)OC(F)(F)O5)CC3)c(F)cc2n1CC1COC(=O)O1. The van der Waals surface area contributed by atoms with Gasteiger partial charge in [-0.15, -0.1) is 8.78 Å². The average molecular weight is 544 g/mol. The average Bonchev–Trinajstić information content (AvgIpc) is 3.34. The monoisotopic (exact) mass is 544 g/mol. The second kappa shape index (κ2) is 8.39. The molecule has 3 aromatic rings. The number of hydrogen-bond acceptors (Lipinski definition) is 7. The van der Waals surface area contributed by atoms with E-state index in [1.165, 1.54) is 30.3 Å². The molecule has 0 radical (unpaired) electrons. The predicted molar refractivity (Wildman–Crippen MR) is 129 cm³/mol. The molecule has 6 rings (SSSR count). The van der Waals surface area contributed by atoms with Crippen LogP contribution in [-0.2, 0) is 36.4 Å². The first-order valence-electron chi connectivity index (χ1n) is 12.3. The number of hydrogen-bond donors (Lipinski definition) is 1. The maximum absolute atomic E-state index is 15.4. The van der Waals surface area contributed by atoms with Crippen LogP contribution >= 0.6 is 0 Å². The van der Waals surface area contributed by atoms with Crippen LogP contribution in [0.4, 0.5) is 23.7 Å². The normalized spacial score (nSPS) is 20.4. The fourth-order valence-electron chi connectivity index (χ4n) is 5.09. The number of alkyl halides is 2. The summed E-state index contributed by atoms with van der Waals surface area (Å²) in [6.07, 6.45) is -3.55. The van der Waals surface area contributed by atoms with Crippen molar-refractivity contribution < 1.29 is 46.5 Å². The maximum Gasteiger partial charge on any atom is 0.586 e. The molecule has 1 saturated carbocycles. The number of cyclic esters (lactones) is 2. The topological polar surface area (TPSA) is 105 Å². The summed E-state index contributed by atoms with van der Waals surface area (Å²) in [5.41, 5.74) is -0.590. The van der Waals surface area contributed by atoms with Gasteiger partial charge in [0.25, 0.3) is 0 Å². The van der Waals surface area contributed by atoms with Crippen molar-refractivity contribution in [1.29, 1.82) is 0 Å². The van der Waals surface area contributed by atoms with Gasteiger partial charge in [-0.3, -0.25) is 4.79 Å². The smallest absolute Gasteiger partial charge is 0.430 e. The number of carbonyl (C=O) groups is 3. The Kier molecular flexibility index (Phi) is 5.39. The van der Waals surface area contributed by atoms with Crippen LogP contribution in [0.1, 0.15) is 37.9 Å². The summed E-state index contributed by atoms with van der Waals surface area (Å²) in [5, 5.41) is 3.20. The van der Waals surface area contributed by atoms with E-state index in [9.17, 15) is 23.2 Å². The van der Waals surface area contributed by atoms with Crippen LogP contribution in [0, 0.1) is 5.82 Å². The Hall–Kier alpha value is -4.22. The Morgan fingerprint density at radius 3 is 2.56 bits per heavy atom. The number of aromatic nitrogens is 1. The van der Waals surface area contributed by atoms with E-state index in [1.807, 2.05) is 0 Å². The summed E-state index contributed by atoms with van der Waals surface area (Å²) in [6, 6.07) is 8.61. The number of nitrogens with one attached hydrogen (secondary N) is 1. The molecule has 1 aromatic heterocycles. The van der Waals surface area contributed by atoms with Gasteiger partial charge in [0, 0.05) is 17.1 Å². The van der Waals surface area contributed by atoms with Gasteiger partial charge in [0.1, 0.15) is 18.7 Å². The Bertz CT molecular complexity index is 1540. The molecule has 1 aliphatic carbocycles. The van der Waals surface area contributed by atoms with Gasteiger partial charge in [-0.25, -0.2) is 9.18 Å². The van der Waals surface area contributed by atoms with Gasteiger partial charge in [0.2, 0.25) is 5.91 Å². The third-order valence-electron chi connectivity index (χ3n) is 7.37. The van der Waals surface area contributed by atoms with Gasteiger partial charge in [-0.2, -0.15) is 0 Å². The van der Waals surface area contributed by atoms with E-state index in [4.69, 9.17) is 9.47 Å². The Balaban J connectivity index is 1.31. The number of nitrogens with zero attached hydrogens (tertiary/aromatic N) is 1. The highest BCUT2D eigenvalue weighted by atomic mass is 19.3. The van der Waals surface area contributed by atoms with E-state index in [0.717, 1.165) is 6.29 Å². The molecule has 2 aliphatic heterocycles. The number of amides is 1. The van der Waals surface area contributed by atoms with Crippen LogP contribution in [0.25, 0.3) is 10.9 Å². The minimum Gasteiger partial charge on any atom is -0.430 e. The van der Waals surface area contributed by atoms with E-state index in [1.54, 1.807) is 24.5 Å². The van der Waals surface area contributed by atoms with Crippen LogP contribution in [0.2, 0.25) is 0 Å². The predicted octanol–water partition coefficient (Wildman–Crippen LogP) is 4.78. The third-order valence-corrected chi connectivity index (χ3v) is 7.37. The molecular formula is C27H23F3N2O7. The maximum atomic E-state index is 15.4. The number of carbonyl (C=O) groups excluding carboxylic acids is 3. The number of anilines is 1. The standard InChI is InChI=1S/C27H23F3N2O7/c1-25(2,13-33)22-8-14-7-18(17(28)10-19(14)32(22)11-16-12-36-24(35)37-16)31-23(34)26(5-6-26)15-3-4-20-21(9-15)39-27(29,30)38-20/h3-4,7-10,13,16H,5-6,11-12H2,1-2H3,(H,31,34). The molecule has 1 unspecified atom stereocenters. The molecular weight excluding hydrogens is 521 g/mol. The summed E-state index contributed by atoms with van der Waals surface area (Å²) in [4.78, 5) is 36.6. The second-order valence-electron chi connectivity index (χ2n) is 10.5. The molecule has 1 N–H and O–H groups in total. The van der Waals surface area contributed by atoms with Gasteiger partial charge in [0.15, 0.2) is 17.6 Å². The molecule has 2 fully saturated rings. The lowest BCUT2D eigenvalue weighted by Crippen LogP contribution is -2.28. The van der Waals surface area contributed by atoms with Crippen molar-refractivity contribution in [2.24, 2.45) is 0 Å². The van der Waals surface area contributed by atoms with Crippen molar-refractivity contribution in [1.82, 2.24) is 4.57 Å². The van der Waals surface area contributed by atoms with Crippen molar-refractivity contribution in [3.63, 3.8) is 0 Å². The van der Waals surface area contributed by atoms with E-state index >= 15 is 4.39 Å². The number of fused-ring (bicyclic) bond motifs is 2. The Labute approximate surface area is 219 Å². The quantitative estimate of drug-likeness (QED) is 0.337. The molecule has 39 heavy (non-hydrogen) atoms. The highest BCUT2D eigenvalue weighted by Crippen LogP contribution is 2.52. The second-order valence-corrected chi connectivity index (χ2v) is 10.5. The molecule has 1 amide bonds. The molecule has 3 heterocycles. The zero-order chi connectivity index (χ0) is 27.7. The number of halogens is 3. The number of ether oxygens (including phenoxy) is 4. The van der Waals surface area contributed by atoms with Crippen LogP contribution in [-0.4, -0.2) is 41.9 Å².